The minimum absolute atomic E-state index is 0.293. The highest BCUT2D eigenvalue weighted by Gasteiger charge is 2.19. The molecule has 0 radical (unpaired) electrons. The number of amides is 4. The van der Waals surface area contributed by atoms with Crippen molar-refractivity contribution in [3.05, 3.63) is 89.2 Å². The molecular formula is C34H42FN5O5. The van der Waals surface area contributed by atoms with E-state index >= 15 is 0 Å². The molecule has 0 spiro atoms. The summed E-state index contributed by atoms with van der Waals surface area (Å²) in [6, 6.07) is 18.1. The molecule has 4 rings (SSSR count). The third kappa shape index (κ3) is 10.6. The van der Waals surface area contributed by atoms with Gasteiger partial charge in [0.15, 0.2) is 0 Å². The number of hydrogen-bond acceptors (Lipinski definition) is 6. The van der Waals surface area contributed by atoms with Gasteiger partial charge in [0.05, 0.1) is 24.6 Å². The number of benzene rings is 3. The highest BCUT2D eigenvalue weighted by Crippen LogP contribution is 2.23. The van der Waals surface area contributed by atoms with E-state index in [2.05, 4.69) is 20.9 Å². The van der Waals surface area contributed by atoms with Crippen LogP contribution in [0.2, 0.25) is 0 Å². The van der Waals surface area contributed by atoms with Crippen LogP contribution in [0.15, 0.2) is 66.7 Å². The minimum atomic E-state index is -0.664. The number of morpholine rings is 1. The molecule has 11 heteroatoms. The maximum absolute atomic E-state index is 13.8. The molecular weight excluding hydrogens is 577 g/mol. The molecule has 0 atom stereocenters. The van der Waals surface area contributed by atoms with Crippen molar-refractivity contribution in [2.75, 3.05) is 55.3 Å². The Morgan fingerprint density at radius 1 is 0.933 bits per heavy atom. The zero-order valence-corrected chi connectivity index (χ0v) is 26.3. The number of anilines is 3. The van der Waals surface area contributed by atoms with Crippen LogP contribution in [0.1, 0.15) is 48.7 Å². The molecule has 3 aromatic rings. The van der Waals surface area contributed by atoms with Gasteiger partial charge in [-0.15, -0.1) is 0 Å². The molecule has 4 amide bonds. The number of rotatable bonds is 10. The Morgan fingerprint density at radius 3 is 2.24 bits per heavy atom. The molecule has 45 heavy (non-hydrogen) atoms. The topological polar surface area (TPSA) is 112 Å². The molecule has 0 aliphatic carbocycles. The first-order valence-corrected chi connectivity index (χ1v) is 15.1. The van der Waals surface area contributed by atoms with Crippen molar-refractivity contribution in [1.29, 1.82) is 0 Å². The molecule has 1 heterocycles. The van der Waals surface area contributed by atoms with Gasteiger partial charge in [-0.1, -0.05) is 24.3 Å². The zero-order valence-electron chi connectivity index (χ0n) is 26.3. The van der Waals surface area contributed by atoms with Crippen LogP contribution in [-0.4, -0.2) is 72.8 Å². The van der Waals surface area contributed by atoms with E-state index in [0.29, 0.717) is 54.5 Å². The molecule has 1 aliphatic heterocycles. The summed E-state index contributed by atoms with van der Waals surface area (Å²) >= 11 is 0. The van der Waals surface area contributed by atoms with Gasteiger partial charge in [0, 0.05) is 44.0 Å². The van der Waals surface area contributed by atoms with Crippen LogP contribution >= 0.6 is 0 Å². The van der Waals surface area contributed by atoms with Gasteiger partial charge < -0.3 is 25.0 Å². The molecule has 1 aliphatic rings. The number of para-hydroxylation sites is 2. The van der Waals surface area contributed by atoms with Crippen LogP contribution in [0.3, 0.4) is 0 Å². The maximum Gasteiger partial charge on any atom is 0.412 e. The Morgan fingerprint density at radius 2 is 1.60 bits per heavy atom. The summed E-state index contributed by atoms with van der Waals surface area (Å²) in [6.07, 6.45) is 0.147. The second kappa shape index (κ2) is 15.5. The quantitative estimate of drug-likeness (QED) is 0.239. The van der Waals surface area contributed by atoms with Crippen molar-refractivity contribution in [2.45, 2.75) is 46.3 Å². The molecule has 1 saturated heterocycles. The molecule has 0 aromatic heterocycles. The van der Waals surface area contributed by atoms with E-state index in [1.807, 2.05) is 12.1 Å². The number of ether oxygens (including phenoxy) is 2. The lowest BCUT2D eigenvalue weighted by Crippen LogP contribution is -2.40. The summed E-state index contributed by atoms with van der Waals surface area (Å²) in [6.45, 7) is 11.8. The number of aryl methyl sites for hydroxylation is 1. The van der Waals surface area contributed by atoms with Crippen molar-refractivity contribution >= 4 is 35.1 Å². The summed E-state index contributed by atoms with van der Waals surface area (Å²) in [7, 11) is 0. The molecule has 240 valence electrons. The molecule has 0 bridgehead atoms. The normalized spacial score (nSPS) is 13.5. The Bertz CT molecular complexity index is 1470. The average Bonchev–Trinajstić information content (AvgIpc) is 2.99. The zero-order chi connectivity index (χ0) is 32.4. The van der Waals surface area contributed by atoms with Gasteiger partial charge in [-0.25, -0.2) is 14.0 Å². The predicted molar refractivity (Wildman–Crippen MR) is 173 cm³/mol. The van der Waals surface area contributed by atoms with E-state index in [1.54, 1.807) is 81.1 Å². The first-order chi connectivity index (χ1) is 21.5. The first kappa shape index (κ1) is 33.4. The summed E-state index contributed by atoms with van der Waals surface area (Å²) in [4.78, 5) is 42.8. The highest BCUT2D eigenvalue weighted by molar-refractivity contribution is 6.06. The number of carbonyl (C=O) groups is 3. The number of urea groups is 1. The average molecular weight is 620 g/mol. The van der Waals surface area contributed by atoms with Gasteiger partial charge >= 0.3 is 12.1 Å². The molecule has 3 aromatic carbocycles. The van der Waals surface area contributed by atoms with E-state index in [1.165, 1.54) is 6.07 Å². The Labute approximate surface area is 263 Å². The lowest BCUT2D eigenvalue weighted by atomic mass is 10.1. The van der Waals surface area contributed by atoms with E-state index in [0.717, 1.165) is 31.6 Å². The van der Waals surface area contributed by atoms with Crippen molar-refractivity contribution in [3.8, 4) is 0 Å². The van der Waals surface area contributed by atoms with Gasteiger partial charge in [-0.05, 0) is 87.7 Å². The maximum atomic E-state index is 13.8. The van der Waals surface area contributed by atoms with Gasteiger partial charge in [0.1, 0.15) is 11.4 Å². The Kier molecular flexibility index (Phi) is 11.5. The lowest BCUT2D eigenvalue weighted by Gasteiger charge is -2.28. The Hall–Kier alpha value is -4.48. The van der Waals surface area contributed by atoms with Gasteiger partial charge in [0.25, 0.3) is 5.91 Å². The van der Waals surface area contributed by atoms with E-state index < -0.39 is 11.7 Å². The fraction of sp³-hybridized carbons (Fsp3) is 0.382. The van der Waals surface area contributed by atoms with Gasteiger partial charge in [0.2, 0.25) is 0 Å². The highest BCUT2D eigenvalue weighted by atomic mass is 19.1. The minimum Gasteiger partial charge on any atom is -0.444 e. The smallest absolute Gasteiger partial charge is 0.412 e. The third-order valence-corrected chi connectivity index (χ3v) is 7.10. The largest absolute Gasteiger partial charge is 0.444 e. The fourth-order valence-electron chi connectivity index (χ4n) is 4.78. The molecule has 1 fully saturated rings. The first-order valence-electron chi connectivity index (χ1n) is 15.1. The number of halogens is 1. The fourth-order valence-corrected chi connectivity index (χ4v) is 4.78. The molecule has 10 nitrogen and oxygen atoms in total. The number of hydrogen-bond donors (Lipinski definition) is 3. The van der Waals surface area contributed by atoms with E-state index in [-0.39, 0.29) is 17.8 Å². The lowest BCUT2D eigenvalue weighted by molar-refractivity contribution is 0.0365. The number of carbonyl (C=O) groups excluding carboxylic acids is 3. The SMILES string of the molecule is Cc1cc(NC(=O)N(CCCN2CCOCC2)Cc2ccc(C(=O)Nc3ccccc3NC(=O)OC(C)(C)C)cc2)ccc1F. The van der Waals surface area contributed by atoms with Crippen LogP contribution in [0.5, 0.6) is 0 Å². The van der Waals surface area contributed by atoms with Crippen LogP contribution in [0.4, 0.5) is 31.0 Å². The summed E-state index contributed by atoms with van der Waals surface area (Å²) in [5.74, 6) is -0.686. The predicted octanol–water partition coefficient (Wildman–Crippen LogP) is 6.49. The summed E-state index contributed by atoms with van der Waals surface area (Å²) in [5.41, 5.74) is 2.40. The second-order valence-electron chi connectivity index (χ2n) is 11.9. The standard InChI is InChI=1S/C34H42FN5O5/c1-24-22-27(14-15-28(24)35)36-32(42)40(17-7-16-39-18-20-44-21-19-39)23-25-10-12-26(13-11-25)31(41)37-29-8-5-6-9-30(29)38-33(43)45-34(2,3)4/h5-6,8-15,22H,7,16-21,23H2,1-4H3,(H,36,42)(H,37,41)(H,38,43). The van der Waals surface area contributed by atoms with Crippen molar-refractivity contribution in [1.82, 2.24) is 9.80 Å². The number of nitrogens with zero attached hydrogens (tertiary/aromatic N) is 2. The number of nitrogens with one attached hydrogen (secondary N) is 3. The van der Waals surface area contributed by atoms with Crippen LogP contribution in [0.25, 0.3) is 0 Å². The second-order valence-corrected chi connectivity index (χ2v) is 11.9. The van der Waals surface area contributed by atoms with Crippen molar-refractivity contribution in [3.63, 3.8) is 0 Å². The molecule has 0 unspecified atom stereocenters. The summed E-state index contributed by atoms with van der Waals surface area (Å²) < 4.78 is 24.5. The summed E-state index contributed by atoms with van der Waals surface area (Å²) in [5, 5.41) is 8.41. The van der Waals surface area contributed by atoms with Gasteiger partial charge in [-0.2, -0.15) is 0 Å². The monoisotopic (exact) mass is 619 g/mol. The van der Waals surface area contributed by atoms with Crippen molar-refractivity contribution in [2.24, 2.45) is 0 Å². The third-order valence-electron chi connectivity index (χ3n) is 7.10. The van der Waals surface area contributed by atoms with E-state index in [9.17, 15) is 18.8 Å². The van der Waals surface area contributed by atoms with Crippen LogP contribution in [-0.2, 0) is 16.0 Å². The van der Waals surface area contributed by atoms with E-state index in [4.69, 9.17) is 9.47 Å². The molecule has 0 saturated carbocycles. The Balaban J connectivity index is 1.41. The van der Waals surface area contributed by atoms with Crippen LogP contribution in [0, 0.1) is 12.7 Å². The molecule has 3 N–H and O–H groups in total. The van der Waals surface area contributed by atoms with Crippen molar-refractivity contribution < 1.29 is 28.2 Å². The van der Waals surface area contributed by atoms with Gasteiger partial charge in [-0.3, -0.25) is 15.0 Å². The van der Waals surface area contributed by atoms with Crippen LogP contribution < -0.4 is 16.0 Å².